The van der Waals surface area contributed by atoms with E-state index in [1.165, 1.54) is 0 Å². The van der Waals surface area contributed by atoms with Crippen LogP contribution in [0.5, 0.6) is 0 Å². The molecule has 1 aromatic carbocycles. The van der Waals surface area contributed by atoms with Gasteiger partial charge in [-0.3, -0.25) is 14.8 Å². The number of nitrogens with zero attached hydrogens (tertiary/aromatic N) is 2. The largest absolute Gasteiger partial charge is 0.378 e. The first-order valence-electron chi connectivity index (χ1n) is 12.0. The summed E-state index contributed by atoms with van der Waals surface area (Å²) in [5, 5.41) is 11.7. The van der Waals surface area contributed by atoms with Crippen LogP contribution in [0.4, 0.5) is 5.82 Å². The van der Waals surface area contributed by atoms with Crippen LogP contribution >= 0.6 is 0 Å². The highest BCUT2D eigenvalue weighted by Crippen LogP contribution is 2.14. The van der Waals surface area contributed by atoms with E-state index in [0.29, 0.717) is 24.3 Å². The summed E-state index contributed by atoms with van der Waals surface area (Å²) in [6, 6.07) is 9.37. The maximum atomic E-state index is 12.7. The third-order valence-corrected chi connectivity index (χ3v) is 5.39. The van der Waals surface area contributed by atoms with Gasteiger partial charge in [-0.25, -0.2) is 10.5 Å². The number of hydrogen-bond donors (Lipinski definition) is 3. The number of hydroxylamine groups is 1. The van der Waals surface area contributed by atoms with Crippen molar-refractivity contribution in [2.24, 2.45) is 0 Å². The fourth-order valence-corrected chi connectivity index (χ4v) is 3.67. The summed E-state index contributed by atoms with van der Waals surface area (Å²) in [6.07, 6.45) is 1.05. The zero-order chi connectivity index (χ0) is 26.8. The number of pyridine rings is 1. The SMILES string of the molecule is C[C@@H](OC(C)(C)C)C(NC(=O)c1ccc(C#CC#Cc2ccc(N3CCOCC3)nc2)cc1)C(=O)NO. The molecule has 1 fully saturated rings. The topological polar surface area (TPSA) is 113 Å². The molecule has 2 atom stereocenters. The van der Waals surface area contributed by atoms with Crippen LogP contribution in [-0.2, 0) is 14.3 Å². The Kier molecular flexibility index (Phi) is 9.64. The third kappa shape index (κ3) is 8.62. The molecule has 1 aliphatic rings. The maximum absolute atomic E-state index is 12.7. The van der Waals surface area contributed by atoms with Gasteiger partial charge in [-0.2, -0.15) is 0 Å². The van der Waals surface area contributed by atoms with Crippen LogP contribution in [0.15, 0.2) is 42.6 Å². The lowest BCUT2D eigenvalue weighted by molar-refractivity contribution is -0.138. The predicted molar refractivity (Wildman–Crippen MR) is 139 cm³/mol. The number of nitrogens with one attached hydrogen (secondary N) is 2. The molecule has 0 aliphatic carbocycles. The van der Waals surface area contributed by atoms with Gasteiger partial charge in [0.05, 0.1) is 24.9 Å². The number of ether oxygens (including phenoxy) is 2. The molecule has 37 heavy (non-hydrogen) atoms. The summed E-state index contributed by atoms with van der Waals surface area (Å²) < 4.78 is 11.1. The number of anilines is 1. The van der Waals surface area contributed by atoms with Crippen LogP contribution in [0.25, 0.3) is 0 Å². The minimum atomic E-state index is -1.08. The monoisotopic (exact) mass is 504 g/mol. The molecule has 194 valence electrons. The maximum Gasteiger partial charge on any atom is 0.268 e. The summed E-state index contributed by atoms with van der Waals surface area (Å²) in [5.74, 6) is 11.2. The van der Waals surface area contributed by atoms with Crippen LogP contribution in [0.2, 0.25) is 0 Å². The number of benzene rings is 1. The Labute approximate surface area is 217 Å². The molecular formula is C28H32N4O5. The van der Waals surface area contributed by atoms with Gasteiger partial charge in [0.2, 0.25) is 0 Å². The van der Waals surface area contributed by atoms with Crippen molar-refractivity contribution in [1.29, 1.82) is 0 Å². The third-order valence-electron chi connectivity index (χ3n) is 5.39. The molecule has 9 heteroatoms. The van der Waals surface area contributed by atoms with Crippen LogP contribution in [-0.4, -0.2) is 66.1 Å². The fourth-order valence-electron chi connectivity index (χ4n) is 3.67. The number of carbonyl (C=O) groups is 2. The molecule has 0 bridgehead atoms. The van der Waals surface area contributed by atoms with E-state index in [0.717, 1.165) is 24.5 Å². The van der Waals surface area contributed by atoms with Gasteiger partial charge < -0.3 is 19.7 Å². The van der Waals surface area contributed by atoms with E-state index >= 15 is 0 Å². The average molecular weight is 505 g/mol. The lowest BCUT2D eigenvalue weighted by atomic mass is 10.1. The second kappa shape index (κ2) is 12.9. The summed E-state index contributed by atoms with van der Waals surface area (Å²) in [6.45, 7) is 10.2. The molecule has 1 aliphatic heterocycles. The van der Waals surface area contributed by atoms with Gasteiger partial charge in [-0.1, -0.05) is 11.8 Å². The highest BCUT2D eigenvalue weighted by Gasteiger charge is 2.30. The quantitative estimate of drug-likeness (QED) is 0.314. The number of amides is 2. The Morgan fingerprint density at radius 3 is 2.24 bits per heavy atom. The van der Waals surface area contributed by atoms with Crippen molar-refractivity contribution < 1.29 is 24.3 Å². The van der Waals surface area contributed by atoms with Gasteiger partial charge in [-0.05, 0) is 75.9 Å². The summed E-state index contributed by atoms with van der Waals surface area (Å²) in [7, 11) is 0. The molecular weight excluding hydrogens is 472 g/mol. The fraction of sp³-hybridized carbons (Fsp3) is 0.393. The van der Waals surface area contributed by atoms with E-state index in [1.54, 1.807) is 42.9 Å². The first-order chi connectivity index (χ1) is 17.7. The minimum Gasteiger partial charge on any atom is -0.378 e. The highest BCUT2D eigenvalue weighted by molar-refractivity contribution is 5.97. The van der Waals surface area contributed by atoms with Crippen LogP contribution in [0.3, 0.4) is 0 Å². The van der Waals surface area contributed by atoms with E-state index in [1.807, 2.05) is 32.9 Å². The molecule has 2 heterocycles. The molecule has 1 saturated heterocycles. The van der Waals surface area contributed by atoms with Gasteiger partial charge in [0.15, 0.2) is 0 Å². The molecule has 2 aromatic rings. The van der Waals surface area contributed by atoms with Gasteiger partial charge in [0.1, 0.15) is 11.9 Å². The molecule has 9 nitrogen and oxygen atoms in total. The molecule has 1 unspecified atom stereocenters. The van der Waals surface area contributed by atoms with E-state index in [2.05, 4.69) is 38.9 Å². The van der Waals surface area contributed by atoms with E-state index in [-0.39, 0.29) is 0 Å². The molecule has 3 N–H and O–H groups in total. The zero-order valence-corrected chi connectivity index (χ0v) is 21.5. The lowest BCUT2D eigenvalue weighted by Gasteiger charge is -2.30. The van der Waals surface area contributed by atoms with Crippen molar-refractivity contribution in [1.82, 2.24) is 15.8 Å². The number of morpholine rings is 1. The van der Waals surface area contributed by atoms with Gasteiger partial charge in [0.25, 0.3) is 11.8 Å². The van der Waals surface area contributed by atoms with Crippen molar-refractivity contribution in [3.05, 3.63) is 59.3 Å². The Morgan fingerprint density at radius 1 is 1.05 bits per heavy atom. The van der Waals surface area contributed by atoms with Gasteiger partial charge >= 0.3 is 0 Å². The highest BCUT2D eigenvalue weighted by atomic mass is 16.5. The first-order valence-corrected chi connectivity index (χ1v) is 12.0. The van der Waals surface area contributed by atoms with Gasteiger partial charge in [0, 0.05) is 36.0 Å². The van der Waals surface area contributed by atoms with E-state index in [9.17, 15) is 9.59 Å². The summed E-state index contributed by atoms with van der Waals surface area (Å²) >= 11 is 0. The average Bonchev–Trinajstić information content (AvgIpc) is 2.89. The van der Waals surface area contributed by atoms with Crippen molar-refractivity contribution >= 4 is 17.6 Å². The van der Waals surface area contributed by atoms with Gasteiger partial charge in [-0.15, -0.1) is 0 Å². The normalized spacial score (nSPS) is 14.8. The van der Waals surface area contributed by atoms with Crippen molar-refractivity contribution in [3.63, 3.8) is 0 Å². The minimum absolute atomic E-state index is 0.335. The Balaban J connectivity index is 1.59. The number of carbonyl (C=O) groups excluding carboxylic acids is 2. The number of aromatic nitrogens is 1. The number of hydrogen-bond acceptors (Lipinski definition) is 7. The molecule has 1 aromatic heterocycles. The standard InChI is InChI=1S/C28H32N4O5/c1-20(37-28(2,3)4)25(27(34)31-35)30-26(33)23-12-9-21(10-13-23)7-5-6-8-22-11-14-24(29-19-22)32-15-17-36-18-16-32/h9-14,19-20,25,35H,15-18H2,1-4H3,(H,30,33)(H,31,34)/t20-,25?/m1/s1. The summed E-state index contributed by atoms with van der Waals surface area (Å²) in [4.78, 5) is 31.4. The molecule has 0 spiro atoms. The Hall–Kier alpha value is -3.89. The van der Waals surface area contributed by atoms with Crippen LogP contribution < -0.4 is 15.7 Å². The zero-order valence-electron chi connectivity index (χ0n) is 21.5. The first kappa shape index (κ1) is 27.7. The second-order valence-corrected chi connectivity index (χ2v) is 9.44. The van der Waals surface area contributed by atoms with Crippen LogP contribution in [0, 0.1) is 23.7 Å². The predicted octanol–water partition coefficient (Wildman–Crippen LogP) is 2.13. The molecule has 0 saturated carbocycles. The van der Waals surface area contributed by atoms with E-state index in [4.69, 9.17) is 14.7 Å². The smallest absolute Gasteiger partial charge is 0.268 e. The lowest BCUT2D eigenvalue weighted by Crippen LogP contribution is -2.53. The number of rotatable bonds is 6. The van der Waals surface area contributed by atoms with Crippen molar-refractivity contribution in [2.75, 3.05) is 31.2 Å². The van der Waals surface area contributed by atoms with Crippen LogP contribution in [0.1, 0.15) is 49.2 Å². The second-order valence-electron chi connectivity index (χ2n) is 9.44. The molecule has 2 amide bonds. The van der Waals surface area contributed by atoms with Crippen molar-refractivity contribution in [2.45, 2.75) is 45.4 Å². The molecule has 0 radical (unpaired) electrons. The van der Waals surface area contributed by atoms with Crippen molar-refractivity contribution in [3.8, 4) is 23.7 Å². The summed E-state index contributed by atoms with van der Waals surface area (Å²) in [5.41, 5.74) is 2.83. The molecule has 3 rings (SSSR count). The Bertz CT molecular complexity index is 1190. The Morgan fingerprint density at radius 2 is 1.68 bits per heavy atom. The van der Waals surface area contributed by atoms with E-state index < -0.39 is 29.6 Å².